The fourth-order valence-corrected chi connectivity index (χ4v) is 4.03. The Morgan fingerprint density at radius 1 is 1.00 bits per heavy atom. The average molecular weight is 378 g/mol. The molecular weight excluding hydrogens is 349 g/mol. The molecule has 26 heavy (non-hydrogen) atoms. The molecule has 6 heteroatoms. The summed E-state index contributed by atoms with van der Waals surface area (Å²) in [6.07, 6.45) is 6.51. The molecule has 0 saturated carbocycles. The molecule has 0 spiro atoms. The first-order valence-electron chi connectivity index (χ1n) is 9.69. The van der Waals surface area contributed by atoms with Crippen molar-refractivity contribution in [3.05, 3.63) is 35.6 Å². The Balaban J connectivity index is 1.43. The van der Waals surface area contributed by atoms with Crippen LogP contribution in [-0.2, 0) is 11.3 Å². The predicted octanol–water partition coefficient (Wildman–Crippen LogP) is 3.31. The molecule has 2 fully saturated rings. The average Bonchev–Trinajstić information content (AvgIpc) is 2.96. The minimum atomic E-state index is -0.229. The Morgan fingerprint density at radius 2 is 1.62 bits per heavy atom. The second-order valence-electron chi connectivity index (χ2n) is 7.29. The zero-order chi connectivity index (χ0) is 18.4. The van der Waals surface area contributed by atoms with E-state index in [1.54, 1.807) is 12.1 Å². The molecule has 142 valence electrons. The first-order valence-corrected chi connectivity index (χ1v) is 10.1. The van der Waals surface area contributed by atoms with Crippen LogP contribution in [0.4, 0.5) is 4.39 Å². The van der Waals surface area contributed by atoms with E-state index in [-0.39, 0.29) is 11.7 Å². The summed E-state index contributed by atoms with van der Waals surface area (Å²) in [7, 11) is 0. The van der Waals surface area contributed by atoms with Gasteiger partial charge in [-0.25, -0.2) is 4.39 Å². The lowest BCUT2D eigenvalue weighted by atomic mass is 9.95. The summed E-state index contributed by atoms with van der Waals surface area (Å²) >= 11 is 5.49. The van der Waals surface area contributed by atoms with Gasteiger partial charge in [0.2, 0.25) is 5.91 Å². The maximum absolute atomic E-state index is 12.9. The van der Waals surface area contributed by atoms with E-state index in [0.717, 1.165) is 62.5 Å². The maximum atomic E-state index is 12.9. The van der Waals surface area contributed by atoms with Crippen molar-refractivity contribution in [1.82, 2.24) is 15.1 Å². The highest BCUT2D eigenvalue weighted by atomic mass is 32.1. The summed E-state index contributed by atoms with van der Waals surface area (Å²) < 4.78 is 12.9. The molecule has 0 bridgehead atoms. The highest BCUT2D eigenvalue weighted by Gasteiger charge is 2.29. The normalized spacial score (nSPS) is 19.1. The van der Waals surface area contributed by atoms with Crippen LogP contribution in [0.3, 0.4) is 0 Å². The second-order valence-corrected chi connectivity index (χ2v) is 7.67. The van der Waals surface area contributed by atoms with Gasteiger partial charge < -0.3 is 15.1 Å². The number of likely N-dealkylation sites (tertiary alicyclic amines) is 2. The highest BCUT2D eigenvalue weighted by molar-refractivity contribution is 7.80. The SMILES string of the molecule is O=C(C1CCN(C(=S)NCc2ccc(F)cc2)CC1)N1CCCCCC1. The Bertz CT molecular complexity index is 606. The minimum absolute atomic E-state index is 0.143. The third kappa shape index (κ3) is 5.16. The lowest BCUT2D eigenvalue weighted by molar-refractivity contribution is -0.136. The zero-order valence-corrected chi connectivity index (χ0v) is 16.1. The quantitative estimate of drug-likeness (QED) is 0.820. The number of thiocarbonyl (C=S) groups is 1. The number of hydrogen-bond acceptors (Lipinski definition) is 2. The van der Waals surface area contributed by atoms with Crippen LogP contribution in [0, 0.1) is 11.7 Å². The van der Waals surface area contributed by atoms with Gasteiger partial charge >= 0.3 is 0 Å². The molecule has 2 aliphatic rings. The summed E-state index contributed by atoms with van der Waals surface area (Å²) in [5.41, 5.74) is 1.000. The highest BCUT2D eigenvalue weighted by Crippen LogP contribution is 2.22. The van der Waals surface area contributed by atoms with Crippen molar-refractivity contribution in [3.63, 3.8) is 0 Å². The molecule has 1 amide bonds. The number of rotatable bonds is 3. The lowest BCUT2D eigenvalue weighted by Crippen LogP contribution is -2.47. The molecule has 2 saturated heterocycles. The van der Waals surface area contributed by atoms with E-state index in [1.165, 1.54) is 25.0 Å². The molecule has 0 aromatic heterocycles. The Kier molecular flexibility index (Phi) is 6.83. The van der Waals surface area contributed by atoms with E-state index >= 15 is 0 Å². The van der Waals surface area contributed by atoms with Crippen LogP contribution in [0.1, 0.15) is 44.1 Å². The van der Waals surface area contributed by atoms with Gasteiger partial charge in [0.1, 0.15) is 5.82 Å². The molecular formula is C20H28FN3OS. The van der Waals surface area contributed by atoms with Gasteiger partial charge in [-0.15, -0.1) is 0 Å². The van der Waals surface area contributed by atoms with E-state index in [1.807, 2.05) is 0 Å². The van der Waals surface area contributed by atoms with E-state index in [0.29, 0.717) is 12.5 Å². The number of nitrogens with one attached hydrogen (secondary N) is 1. The van der Waals surface area contributed by atoms with Gasteiger partial charge in [-0.2, -0.15) is 0 Å². The van der Waals surface area contributed by atoms with E-state index in [4.69, 9.17) is 12.2 Å². The number of piperidine rings is 1. The van der Waals surface area contributed by atoms with Crippen LogP contribution in [0.15, 0.2) is 24.3 Å². The standard InChI is InChI=1S/C20H28FN3OS/c21-18-7-5-16(6-8-18)15-22-20(26)24-13-9-17(10-14-24)19(25)23-11-3-1-2-4-12-23/h5-8,17H,1-4,9-15H2,(H,22,26). The Morgan fingerprint density at radius 3 is 2.23 bits per heavy atom. The van der Waals surface area contributed by atoms with Gasteiger partial charge in [0.05, 0.1) is 0 Å². The molecule has 0 unspecified atom stereocenters. The van der Waals surface area contributed by atoms with Crippen molar-refractivity contribution in [1.29, 1.82) is 0 Å². The van der Waals surface area contributed by atoms with Crippen molar-refractivity contribution >= 4 is 23.2 Å². The van der Waals surface area contributed by atoms with Gasteiger partial charge in [0.15, 0.2) is 5.11 Å². The number of amides is 1. The summed E-state index contributed by atoms with van der Waals surface area (Å²) in [5, 5.41) is 3.96. The lowest BCUT2D eigenvalue weighted by Gasteiger charge is -2.35. The Hall–Kier alpha value is -1.69. The molecule has 4 nitrogen and oxygen atoms in total. The van der Waals surface area contributed by atoms with E-state index in [2.05, 4.69) is 15.1 Å². The van der Waals surface area contributed by atoms with Gasteiger partial charge in [-0.3, -0.25) is 4.79 Å². The summed E-state index contributed by atoms with van der Waals surface area (Å²) in [6, 6.07) is 6.44. The molecule has 2 aliphatic heterocycles. The van der Waals surface area contributed by atoms with Crippen molar-refractivity contribution in [2.24, 2.45) is 5.92 Å². The van der Waals surface area contributed by atoms with Crippen molar-refractivity contribution in [3.8, 4) is 0 Å². The fourth-order valence-electron chi connectivity index (χ4n) is 3.77. The molecule has 0 radical (unpaired) electrons. The second kappa shape index (κ2) is 9.31. The van der Waals surface area contributed by atoms with Crippen LogP contribution in [-0.4, -0.2) is 47.0 Å². The zero-order valence-electron chi connectivity index (χ0n) is 15.3. The molecule has 1 aromatic rings. The summed E-state index contributed by atoms with van der Waals surface area (Å²) in [5.74, 6) is 0.258. The summed E-state index contributed by atoms with van der Waals surface area (Å²) in [4.78, 5) is 17.0. The van der Waals surface area contributed by atoms with Gasteiger partial charge in [-0.1, -0.05) is 25.0 Å². The van der Waals surface area contributed by atoms with Crippen molar-refractivity contribution in [2.45, 2.75) is 45.1 Å². The molecule has 0 atom stereocenters. The van der Waals surface area contributed by atoms with Crippen molar-refractivity contribution < 1.29 is 9.18 Å². The third-order valence-electron chi connectivity index (χ3n) is 5.41. The molecule has 3 rings (SSSR count). The molecule has 1 aromatic carbocycles. The van der Waals surface area contributed by atoms with Crippen LogP contribution in [0.2, 0.25) is 0 Å². The predicted molar refractivity (Wildman–Crippen MR) is 105 cm³/mol. The number of carbonyl (C=O) groups excluding carboxylic acids is 1. The first-order chi connectivity index (χ1) is 12.6. The van der Waals surface area contributed by atoms with Crippen molar-refractivity contribution in [2.75, 3.05) is 26.2 Å². The molecule has 2 heterocycles. The van der Waals surface area contributed by atoms with E-state index in [9.17, 15) is 9.18 Å². The van der Waals surface area contributed by atoms with Crippen LogP contribution in [0.5, 0.6) is 0 Å². The number of benzene rings is 1. The largest absolute Gasteiger partial charge is 0.358 e. The summed E-state index contributed by atoms with van der Waals surface area (Å²) in [6.45, 7) is 4.08. The first kappa shape index (κ1) is 19.1. The smallest absolute Gasteiger partial charge is 0.225 e. The monoisotopic (exact) mass is 377 g/mol. The number of halogens is 1. The molecule has 1 N–H and O–H groups in total. The maximum Gasteiger partial charge on any atom is 0.225 e. The van der Waals surface area contributed by atoms with Crippen LogP contribution < -0.4 is 5.32 Å². The van der Waals surface area contributed by atoms with Gasteiger partial charge in [-0.05, 0) is 55.6 Å². The number of hydrogen-bond donors (Lipinski definition) is 1. The number of nitrogens with zero attached hydrogens (tertiary/aromatic N) is 2. The topological polar surface area (TPSA) is 35.6 Å². The third-order valence-corrected chi connectivity index (χ3v) is 5.81. The van der Waals surface area contributed by atoms with Crippen LogP contribution in [0.25, 0.3) is 0 Å². The van der Waals surface area contributed by atoms with E-state index < -0.39 is 0 Å². The Labute approximate surface area is 160 Å². The minimum Gasteiger partial charge on any atom is -0.358 e. The fraction of sp³-hybridized carbons (Fsp3) is 0.600. The van der Waals surface area contributed by atoms with Gasteiger partial charge in [0, 0.05) is 38.6 Å². The van der Waals surface area contributed by atoms with Crippen LogP contribution >= 0.6 is 12.2 Å². The molecule has 0 aliphatic carbocycles. The van der Waals surface area contributed by atoms with Gasteiger partial charge in [0.25, 0.3) is 0 Å². The number of carbonyl (C=O) groups is 1.